The predicted molar refractivity (Wildman–Crippen MR) is 256 cm³/mol. The van der Waals surface area contributed by atoms with Crippen LogP contribution in [-0.2, 0) is 28.6 Å². The molecule has 0 fully saturated rings. The Morgan fingerprint density at radius 2 is 0.550 bits per heavy atom. The van der Waals surface area contributed by atoms with Crippen molar-refractivity contribution in [3.63, 3.8) is 0 Å². The first kappa shape index (κ1) is 57.6. The quantitative estimate of drug-likeness (QED) is 0.0263. The summed E-state index contributed by atoms with van der Waals surface area (Å²) in [6, 6.07) is 0. The molecule has 6 nitrogen and oxygen atoms in total. The molecule has 0 heterocycles. The molecule has 1 unspecified atom stereocenters. The molecule has 0 bridgehead atoms. The number of carbonyl (C=O) groups excluding carboxylic acids is 3. The van der Waals surface area contributed by atoms with E-state index in [1.54, 1.807) is 0 Å². The van der Waals surface area contributed by atoms with Crippen LogP contribution in [0.15, 0.2) is 36.5 Å². The molecule has 0 rings (SSSR count). The van der Waals surface area contributed by atoms with Crippen LogP contribution in [0.25, 0.3) is 0 Å². The minimum absolute atomic E-state index is 0.0810. The Balaban J connectivity index is 4.38. The summed E-state index contributed by atoms with van der Waals surface area (Å²) in [5.74, 6) is -0.898. The number of esters is 3. The number of carbonyl (C=O) groups is 3. The molecule has 1 atom stereocenters. The maximum Gasteiger partial charge on any atom is 0.306 e. The molecule has 0 aliphatic carbocycles. The monoisotopic (exact) mass is 843 g/mol. The first-order valence-corrected chi connectivity index (χ1v) is 26.0. The maximum absolute atomic E-state index is 12.8. The van der Waals surface area contributed by atoms with Crippen molar-refractivity contribution in [2.75, 3.05) is 13.2 Å². The maximum atomic E-state index is 12.8. The minimum atomic E-state index is -0.780. The molecular formula is C54H98O6. The third-order valence-electron chi connectivity index (χ3n) is 11.3. The topological polar surface area (TPSA) is 78.9 Å². The van der Waals surface area contributed by atoms with Gasteiger partial charge in [0.1, 0.15) is 13.2 Å². The van der Waals surface area contributed by atoms with E-state index in [1.165, 1.54) is 148 Å². The van der Waals surface area contributed by atoms with Gasteiger partial charge in [0.25, 0.3) is 0 Å². The van der Waals surface area contributed by atoms with Crippen molar-refractivity contribution >= 4 is 17.9 Å². The van der Waals surface area contributed by atoms with E-state index in [2.05, 4.69) is 57.2 Å². The second-order valence-electron chi connectivity index (χ2n) is 17.4. The van der Waals surface area contributed by atoms with Crippen LogP contribution >= 0.6 is 0 Å². The average Bonchev–Trinajstić information content (AvgIpc) is 3.24. The van der Waals surface area contributed by atoms with E-state index in [1.807, 2.05) is 0 Å². The zero-order valence-corrected chi connectivity index (χ0v) is 40.0. The molecule has 0 radical (unpaired) electrons. The van der Waals surface area contributed by atoms with Crippen LogP contribution < -0.4 is 0 Å². The molecule has 60 heavy (non-hydrogen) atoms. The summed E-state index contributed by atoms with van der Waals surface area (Å²) in [5, 5.41) is 0. The van der Waals surface area contributed by atoms with Gasteiger partial charge in [0.05, 0.1) is 0 Å². The van der Waals surface area contributed by atoms with E-state index in [0.717, 1.165) is 83.5 Å². The smallest absolute Gasteiger partial charge is 0.306 e. The third kappa shape index (κ3) is 46.7. The third-order valence-corrected chi connectivity index (χ3v) is 11.3. The first-order valence-electron chi connectivity index (χ1n) is 26.0. The second kappa shape index (κ2) is 49.3. The van der Waals surface area contributed by atoms with Gasteiger partial charge >= 0.3 is 17.9 Å². The number of rotatable bonds is 47. The summed E-state index contributed by atoms with van der Waals surface area (Å²) in [5.41, 5.74) is 0. The van der Waals surface area contributed by atoms with Gasteiger partial charge in [-0.3, -0.25) is 14.4 Å². The molecule has 0 aromatic rings. The lowest BCUT2D eigenvalue weighted by atomic mass is 10.1. The number of unbranched alkanes of at least 4 members (excludes halogenated alkanes) is 30. The van der Waals surface area contributed by atoms with Crippen molar-refractivity contribution in [3.05, 3.63) is 36.5 Å². The van der Waals surface area contributed by atoms with Crippen LogP contribution in [-0.4, -0.2) is 37.2 Å². The lowest BCUT2D eigenvalue weighted by Crippen LogP contribution is -2.30. The van der Waals surface area contributed by atoms with Crippen LogP contribution in [0.1, 0.15) is 271 Å². The molecule has 0 spiro atoms. The van der Waals surface area contributed by atoms with Crippen LogP contribution in [0.3, 0.4) is 0 Å². The van der Waals surface area contributed by atoms with Crippen LogP contribution in [0.5, 0.6) is 0 Å². The van der Waals surface area contributed by atoms with Crippen molar-refractivity contribution < 1.29 is 28.6 Å². The van der Waals surface area contributed by atoms with Crippen LogP contribution in [0.4, 0.5) is 0 Å². The van der Waals surface area contributed by atoms with Gasteiger partial charge < -0.3 is 14.2 Å². The molecule has 0 aliphatic rings. The van der Waals surface area contributed by atoms with Gasteiger partial charge in [-0.2, -0.15) is 0 Å². The second-order valence-corrected chi connectivity index (χ2v) is 17.4. The Kier molecular flexibility index (Phi) is 47.3. The fourth-order valence-electron chi connectivity index (χ4n) is 7.37. The molecule has 0 aromatic heterocycles. The van der Waals surface area contributed by atoms with Gasteiger partial charge in [-0.05, 0) is 96.3 Å². The SMILES string of the molecule is CCCCC/C=C\CCCCCCCC(=O)OCC(COC(=O)CCCCCCC/C=C\CCCCCCCCC)OC(=O)CCCCCCC/C=C\CCCCCCC. The Morgan fingerprint density at radius 3 is 0.867 bits per heavy atom. The highest BCUT2D eigenvalue weighted by atomic mass is 16.6. The van der Waals surface area contributed by atoms with Gasteiger partial charge in [-0.25, -0.2) is 0 Å². The summed E-state index contributed by atoms with van der Waals surface area (Å²) in [6.07, 6.45) is 56.9. The zero-order valence-electron chi connectivity index (χ0n) is 40.0. The molecule has 0 N–H and O–H groups in total. The van der Waals surface area contributed by atoms with Crippen molar-refractivity contribution in [3.8, 4) is 0 Å². The highest BCUT2D eigenvalue weighted by Crippen LogP contribution is 2.14. The molecule has 350 valence electrons. The largest absolute Gasteiger partial charge is 0.462 e. The van der Waals surface area contributed by atoms with E-state index < -0.39 is 6.10 Å². The Bertz CT molecular complexity index is 1020. The minimum Gasteiger partial charge on any atom is -0.462 e. The highest BCUT2D eigenvalue weighted by Gasteiger charge is 2.19. The number of allylic oxidation sites excluding steroid dienone is 6. The van der Waals surface area contributed by atoms with Gasteiger partial charge in [0.15, 0.2) is 6.10 Å². The number of hydrogen-bond acceptors (Lipinski definition) is 6. The van der Waals surface area contributed by atoms with Crippen LogP contribution in [0, 0.1) is 0 Å². The average molecular weight is 843 g/mol. The van der Waals surface area contributed by atoms with E-state index >= 15 is 0 Å². The molecule has 0 aromatic carbocycles. The van der Waals surface area contributed by atoms with Crippen LogP contribution in [0.2, 0.25) is 0 Å². The van der Waals surface area contributed by atoms with Gasteiger partial charge in [0, 0.05) is 19.3 Å². The Hall–Kier alpha value is -2.37. The molecule has 0 saturated heterocycles. The van der Waals surface area contributed by atoms with E-state index in [4.69, 9.17) is 14.2 Å². The summed E-state index contributed by atoms with van der Waals surface area (Å²) in [4.78, 5) is 37.9. The summed E-state index contributed by atoms with van der Waals surface area (Å²) in [7, 11) is 0. The van der Waals surface area contributed by atoms with Crippen molar-refractivity contribution in [2.24, 2.45) is 0 Å². The van der Waals surface area contributed by atoms with Gasteiger partial charge in [-0.15, -0.1) is 0 Å². The fourth-order valence-corrected chi connectivity index (χ4v) is 7.37. The molecule has 6 heteroatoms. The number of ether oxygens (including phenoxy) is 3. The standard InChI is InChI=1S/C54H98O6/c1-4-7-10-13-16-19-22-25-27-28-30-32-35-38-41-44-47-53(56)59-50-51(49-58-52(55)46-43-40-37-34-31-24-21-18-15-12-9-6-3)60-54(57)48-45-42-39-36-33-29-26-23-20-17-14-11-8-5-2/h18,21,23,26-28,51H,4-17,19-20,22,24-25,29-50H2,1-3H3/b21-18-,26-23-,28-27-. The fraction of sp³-hybridized carbons (Fsp3) is 0.833. The van der Waals surface area contributed by atoms with E-state index in [-0.39, 0.29) is 31.1 Å². The molecule has 0 aliphatic heterocycles. The highest BCUT2D eigenvalue weighted by molar-refractivity contribution is 5.71. The van der Waals surface area contributed by atoms with E-state index in [9.17, 15) is 14.4 Å². The summed E-state index contributed by atoms with van der Waals surface area (Å²) in [6.45, 7) is 6.60. The predicted octanol–water partition coefficient (Wildman–Crippen LogP) is 16.9. The molecule has 0 saturated carbocycles. The lowest BCUT2D eigenvalue weighted by Gasteiger charge is -2.18. The van der Waals surface area contributed by atoms with Crippen molar-refractivity contribution in [1.29, 1.82) is 0 Å². The first-order chi connectivity index (χ1) is 29.5. The number of hydrogen-bond donors (Lipinski definition) is 0. The van der Waals surface area contributed by atoms with Gasteiger partial charge in [-0.1, -0.05) is 192 Å². The normalized spacial score (nSPS) is 12.2. The van der Waals surface area contributed by atoms with Crippen molar-refractivity contribution in [1.82, 2.24) is 0 Å². The summed E-state index contributed by atoms with van der Waals surface area (Å²) >= 11 is 0. The van der Waals surface area contributed by atoms with E-state index in [0.29, 0.717) is 19.3 Å². The van der Waals surface area contributed by atoms with Gasteiger partial charge in [0.2, 0.25) is 0 Å². The lowest BCUT2D eigenvalue weighted by molar-refractivity contribution is -0.167. The Morgan fingerprint density at radius 1 is 0.317 bits per heavy atom. The Labute approximate surface area is 372 Å². The molecular weight excluding hydrogens is 745 g/mol. The molecule has 0 amide bonds. The summed E-state index contributed by atoms with van der Waals surface area (Å²) < 4.78 is 16.8. The van der Waals surface area contributed by atoms with Crippen molar-refractivity contribution in [2.45, 2.75) is 277 Å². The zero-order chi connectivity index (χ0) is 43.7.